The van der Waals surface area contributed by atoms with Crippen LogP contribution in [0.3, 0.4) is 0 Å². The van der Waals surface area contributed by atoms with Crippen LogP contribution in [0.5, 0.6) is 0 Å². The Balaban J connectivity index is 2.75. The second-order valence-electron chi connectivity index (χ2n) is 3.73. The van der Waals surface area contributed by atoms with Crippen molar-refractivity contribution in [3.8, 4) is 0 Å². The van der Waals surface area contributed by atoms with Gasteiger partial charge in [0.2, 0.25) is 10.0 Å². The summed E-state index contributed by atoms with van der Waals surface area (Å²) in [7, 11) is -1.51. The molecule has 1 aromatic heterocycles. The Kier molecular flexibility index (Phi) is 5.94. The molecule has 98 valence electrons. The topological polar surface area (TPSA) is 58.2 Å². The summed E-state index contributed by atoms with van der Waals surface area (Å²) >= 11 is 2.93. The smallest absolute Gasteiger partial charge is 0.250 e. The normalized spacial score (nSPS) is 13.8. The number of nitrogens with one attached hydrogen (secondary N) is 2. The lowest BCUT2D eigenvalue weighted by atomic mass is 10.4. The lowest BCUT2D eigenvalue weighted by Gasteiger charge is -2.11. The van der Waals surface area contributed by atoms with E-state index in [0.717, 1.165) is 10.6 Å². The first kappa shape index (κ1) is 15.0. The quantitative estimate of drug-likeness (QED) is 0.800. The average Bonchev–Trinajstić information content (AvgIpc) is 2.67. The van der Waals surface area contributed by atoms with Gasteiger partial charge in [-0.1, -0.05) is 0 Å². The zero-order chi connectivity index (χ0) is 12.9. The van der Waals surface area contributed by atoms with Crippen LogP contribution < -0.4 is 10.0 Å². The molecule has 0 spiro atoms. The van der Waals surface area contributed by atoms with E-state index in [4.69, 9.17) is 0 Å². The predicted octanol–water partition coefficient (Wildman–Crippen LogP) is 1.50. The first-order valence-corrected chi connectivity index (χ1v) is 8.93. The largest absolute Gasteiger partial charge is 0.315 e. The Labute approximate surface area is 111 Å². The molecule has 1 unspecified atom stereocenters. The van der Waals surface area contributed by atoms with Gasteiger partial charge in [-0.05, 0) is 32.4 Å². The summed E-state index contributed by atoms with van der Waals surface area (Å²) < 4.78 is 27.1. The zero-order valence-corrected chi connectivity index (χ0v) is 12.6. The van der Waals surface area contributed by atoms with E-state index >= 15 is 0 Å². The van der Waals surface area contributed by atoms with Crippen LogP contribution in [0.15, 0.2) is 16.3 Å². The van der Waals surface area contributed by atoms with Gasteiger partial charge < -0.3 is 5.32 Å². The van der Waals surface area contributed by atoms with Gasteiger partial charge in [-0.25, -0.2) is 13.1 Å². The summed E-state index contributed by atoms with van der Waals surface area (Å²) in [4.78, 5) is 1.02. The van der Waals surface area contributed by atoms with Gasteiger partial charge in [0.1, 0.15) is 4.21 Å². The molecule has 0 fully saturated rings. The molecule has 0 aliphatic heterocycles. The molecule has 0 saturated carbocycles. The highest BCUT2D eigenvalue weighted by molar-refractivity contribution is 7.98. The summed E-state index contributed by atoms with van der Waals surface area (Å²) in [6.45, 7) is 2.57. The zero-order valence-electron chi connectivity index (χ0n) is 10.2. The number of sulfonamides is 1. The van der Waals surface area contributed by atoms with E-state index in [0.29, 0.717) is 10.8 Å². The van der Waals surface area contributed by atoms with Gasteiger partial charge in [-0.2, -0.15) is 11.8 Å². The molecule has 0 aromatic carbocycles. The van der Waals surface area contributed by atoms with E-state index in [1.807, 2.05) is 26.3 Å². The third kappa shape index (κ3) is 4.59. The van der Waals surface area contributed by atoms with E-state index in [9.17, 15) is 8.42 Å². The minimum atomic E-state index is -3.35. The van der Waals surface area contributed by atoms with Crippen molar-refractivity contribution in [1.29, 1.82) is 0 Å². The van der Waals surface area contributed by atoms with Crippen LogP contribution in [0.25, 0.3) is 0 Å². The van der Waals surface area contributed by atoms with E-state index in [1.54, 1.807) is 17.8 Å². The van der Waals surface area contributed by atoms with E-state index in [2.05, 4.69) is 10.0 Å². The maximum atomic E-state index is 12.0. The molecule has 17 heavy (non-hydrogen) atoms. The van der Waals surface area contributed by atoms with Crippen LogP contribution in [0.1, 0.15) is 11.8 Å². The molecule has 1 heterocycles. The maximum Gasteiger partial charge on any atom is 0.250 e. The third-order valence-corrected chi connectivity index (χ3v) is 6.03. The van der Waals surface area contributed by atoms with Crippen molar-refractivity contribution in [2.45, 2.75) is 23.7 Å². The van der Waals surface area contributed by atoms with Crippen LogP contribution in [0.4, 0.5) is 0 Å². The van der Waals surface area contributed by atoms with Crippen molar-refractivity contribution >= 4 is 33.1 Å². The van der Waals surface area contributed by atoms with Gasteiger partial charge in [0, 0.05) is 23.2 Å². The number of hydrogen-bond acceptors (Lipinski definition) is 5. The molecular weight excluding hydrogens is 276 g/mol. The minimum Gasteiger partial charge on any atom is -0.315 e. The SMILES string of the molecule is CNCc1ccc(S(=O)(=O)NC(C)CSC)s1. The number of thioether (sulfide) groups is 1. The Hall–Kier alpha value is -0.0800. The average molecular weight is 294 g/mol. The van der Waals surface area contributed by atoms with Gasteiger partial charge in [0.15, 0.2) is 0 Å². The third-order valence-electron chi connectivity index (χ3n) is 2.03. The molecule has 4 nitrogen and oxygen atoms in total. The van der Waals surface area contributed by atoms with Gasteiger partial charge >= 0.3 is 0 Å². The van der Waals surface area contributed by atoms with Crippen molar-refractivity contribution in [3.63, 3.8) is 0 Å². The molecule has 0 bridgehead atoms. The molecular formula is C10H18N2O2S3. The fraction of sp³-hybridized carbons (Fsp3) is 0.600. The molecule has 0 aliphatic carbocycles. The lowest BCUT2D eigenvalue weighted by Crippen LogP contribution is -2.33. The summed E-state index contributed by atoms with van der Waals surface area (Å²) in [5.41, 5.74) is 0. The van der Waals surface area contributed by atoms with E-state index in [-0.39, 0.29) is 6.04 Å². The number of thiophene rings is 1. The highest BCUT2D eigenvalue weighted by atomic mass is 32.2. The molecule has 1 atom stereocenters. The standard InChI is InChI=1S/C10H18N2O2S3/c1-8(7-15-3)12-17(13,14)10-5-4-9(16-10)6-11-2/h4-5,8,11-12H,6-7H2,1-3H3. The van der Waals surface area contributed by atoms with Crippen LogP contribution in [-0.2, 0) is 16.6 Å². The first-order chi connectivity index (χ1) is 7.99. The van der Waals surface area contributed by atoms with Crippen LogP contribution in [0, 0.1) is 0 Å². The van der Waals surface area contributed by atoms with Crippen molar-refractivity contribution < 1.29 is 8.42 Å². The van der Waals surface area contributed by atoms with Crippen LogP contribution in [-0.4, -0.2) is 33.5 Å². The van der Waals surface area contributed by atoms with Crippen molar-refractivity contribution in [3.05, 3.63) is 17.0 Å². The lowest BCUT2D eigenvalue weighted by molar-refractivity contribution is 0.573. The Morgan fingerprint density at radius 1 is 1.47 bits per heavy atom. The maximum absolute atomic E-state index is 12.0. The number of hydrogen-bond donors (Lipinski definition) is 2. The van der Waals surface area contributed by atoms with Crippen molar-refractivity contribution in [1.82, 2.24) is 10.0 Å². The van der Waals surface area contributed by atoms with Gasteiger partial charge in [-0.15, -0.1) is 11.3 Å². The summed E-state index contributed by atoms with van der Waals surface area (Å²) in [5.74, 6) is 0.772. The van der Waals surface area contributed by atoms with Gasteiger partial charge in [0.25, 0.3) is 0 Å². The second-order valence-corrected chi connectivity index (χ2v) is 7.75. The predicted molar refractivity (Wildman–Crippen MR) is 75.2 cm³/mol. The fourth-order valence-corrected chi connectivity index (χ4v) is 4.70. The van der Waals surface area contributed by atoms with Crippen LogP contribution in [0.2, 0.25) is 0 Å². The second kappa shape index (κ2) is 6.75. The Morgan fingerprint density at radius 2 is 2.18 bits per heavy atom. The molecule has 7 heteroatoms. The highest BCUT2D eigenvalue weighted by Crippen LogP contribution is 2.21. The molecule has 1 aromatic rings. The van der Waals surface area contributed by atoms with Crippen molar-refractivity contribution in [2.24, 2.45) is 0 Å². The molecule has 0 radical (unpaired) electrons. The molecule has 2 N–H and O–H groups in total. The van der Waals surface area contributed by atoms with E-state index in [1.165, 1.54) is 11.3 Å². The summed E-state index contributed by atoms with van der Waals surface area (Å²) in [6, 6.07) is 3.45. The van der Waals surface area contributed by atoms with Gasteiger partial charge in [0.05, 0.1) is 0 Å². The molecule has 0 saturated heterocycles. The first-order valence-electron chi connectivity index (χ1n) is 5.24. The monoisotopic (exact) mass is 294 g/mol. The highest BCUT2D eigenvalue weighted by Gasteiger charge is 2.19. The summed E-state index contributed by atoms with van der Waals surface area (Å²) in [5, 5.41) is 3.00. The van der Waals surface area contributed by atoms with Crippen molar-refractivity contribution in [2.75, 3.05) is 19.1 Å². The fourth-order valence-electron chi connectivity index (χ4n) is 1.38. The summed E-state index contributed by atoms with van der Waals surface area (Å²) in [6.07, 6.45) is 1.96. The van der Waals surface area contributed by atoms with E-state index < -0.39 is 10.0 Å². The number of rotatable bonds is 7. The molecule has 0 aliphatic rings. The molecule has 0 amide bonds. The molecule has 1 rings (SSSR count). The van der Waals surface area contributed by atoms with Crippen LogP contribution >= 0.6 is 23.1 Å². The Bertz CT molecular complexity index is 442. The minimum absolute atomic E-state index is 0.0511. The van der Waals surface area contributed by atoms with Gasteiger partial charge in [-0.3, -0.25) is 0 Å². The Morgan fingerprint density at radius 3 is 2.76 bits per heavy atom.